The van der Waals surface area contributed by atoms with Gasteiger partial charge in [-0.05, 0) is 51.0 Å². The lowest BCUT2D eigenvalue weighted by Crippen LogP contribution is -2.30. The lowest BCUT2D eigenvalue weighted by atomic mass is 10.1. The van der Waals surface area contributed by atoms with Crippen molar-refractivity contribution < 1.29 is 14.3 Å². The summed E-state index contributed by atoms with van der Waals surface area (Å²) in [7, 11) is 0. The van der Waals surface area contributed by atoms with E-state index in [4.69, 9.17) is 9.47 Å². The van der Waals surface area contributed by atoms with Crippen molar-refractivity contribution in [2.45, 2.75) is 46.3 Å². The Bertz CT molecular complexity index is 682. The van der Waals surface area contributed by atoms with Crippen LogP contribution in [0.2, 0.25) is 0 Å². The van der Waals surface area contributed by atoms with Gasteiger partial charge in [0, 0.05) is 11.8 Å². The number of aryl methyl sites for hydroxylation is 1. The predicted octanol–water partition coefficient (Wildman–Crippen LogP) is 4.44. The summed E-state index contributed by atoms with van der Waals surface area (Å²) in [6, 6.07) is 15.1. The van der Waals surface area contributed by atoms with Gasteiger partial charge in [0.25, 0.3) is 5.91 Å². The molecule has 4 nitrogen and oxygen atoms in total. The van der Waals surface area contributed by atoms with Crippen LogP contribution >= 0.6 is 0 Å². The van der Waals surface area contributed by atoms with Crippen LogP contribution < -0.4 is 14.8 Å². The molecule has 1 N–H and O–H groups in total. The minimum absolute atomic E-state index is 0.0868. The van der Waals surface area contributed by atoms with Gasteiger partial charge in [0.05, 0.1) is 6.10 Å². The van der Waals surface area contributed by atoms with E-state index in [9.17, 15) is 4.79 Å². The van der Waals surface area contributed by atoms with Gasteiger partial charge < -0.3 is 14.8 Å². The molecular weight excluding hydrogens is 302 g/mol. The zero-order chi connectivity index (χ0) is 17.5. The van der Waals surface area contributed by atoms with Crippen molar-refractivity contribution in [2.24, 2.45) is 0 Å². The number of anilines is 1. The van der Waals surface area contributed by atoms with Gasteiger partial charge >= 0.3 is 0 Å². The Morgan fingerprint density at radius 2 is 1.79 bits per heavy atom. The number of ether oxygens (including phenoxy) is 2. The number of amides is 1. The number of nitrogens with one attached hydrogen (secondary N) is 1. The zero-order valence-electron chi connectivity index (χ0n) is 14.7. The van der Waals surface area contributed by atoms with E-state index in [-0.39, 0.29) is 12.0 Å². The monoisotopic (exact) mass is 327 g/mol. The molecule has 0 fully saturated rings. The van der Waals surface area contributed by atoms with E-state index in [1.54, 1.807) is 6.92 Å². The first-order valence-electron chi connectivity index (χ1n) is 8.31. The third-order valence-corrected chi connectivity index (χ3v) is 3.50. The summed E-state index contributed by atoms with van der Waals surface area (Å²) in [5, 5.41) is 2.87. The maximum absolute atomic E-state index is 12.4. The Hall–Kier alpha value is -2.49. The number of hydrogen-bond acceptors (Lipinski definition) is 3. The first-order chi connectivity index (χ1) is 11.5. The zero-order valence-corrected chi connectivity index (χ0v) is 14.7. The number of para-hydroxylation sites is 1. The number of carbonyl (C=O) groups excluding carboxylic acids is 1. The molecule has 0 radical (unpaired) electrons. The van der Waals surface area contributed by atoms with Crippen LogP contribution in [0.25, 0.3) is 0 Å². The molecule has 0 aliphatic heterocycles. The Labute approximate surface area is 143 Å². The molecule has 0 aliphatic carbocycles. The molecule has 0 bridgehead atoms. The highest BCUT2D eigenvalue weighted by Crippen LogP contribution is 2.21. The maximum Gasteiger partial charge on any atom is 0.265 e. The number of benzene rings is 2. The first kappa shape index (κ1) is 17.9. The Kier molecular flexibility index (Phi) is 6.24. The summed E-state index contributed by atoms with van der Waals surface area (Å²) >= 11 is 0. The third kappa shape index (κ3) is 5.01. The van der Waals surface area contributed by atoms with E-state index in [1.165, 1.54) is 0 Å². The van der Waals surface area contributed by atoms with Gasteiger partial charge in [-0.3, -0.25) is 4.79 Å². The summed E-state index contributed by atoms with van der Waals surface area (Å²) < 4.78 is 11.5. The molecule has 24 heavy (non-hydrogen) atoms. The fourth-order valence-corrected chi connectivity index (χ4v) is 2.32. The predicted molar refractivity (Wildman–Crippen MR) is 96.7 cm³/mol. The van der Waals surface area contributed by atoms with Crippen molar-refractivity contribution in [2.75, 3.05) is 5.32 Å². The van der Waals surface area contributed by atoms with E-state index < -0.39 is 6.10 Å². The molecule has 0 aromatic heterocycles. The number of hydrogen-bond donors (Lipinski definition) is 1. The average Bonchev–Trinajstić information content (AvgIpc) is 2.55. The molecule has 1 atom stereocenters. The molecule has 128 valence electrons. The minimum atomic E-state index is -0.590. The molecule has 0 saturated carbocycles. The average molecular weight is 327 g/mol. The van der Waals surface area contributed by atoms with Crippen LogP contribution in [0, 0.1) is 0 Å². The van der Waals surface area contributed by atoms with Crippen LogP contribution in [0.3, 0.4) is 0 Å². The molecule has 2 aromatic carbocycles. The van der Waals surface area contributed by atoms with Gasteiger partial charge in [0.15, 0.2) is 6.10 Å². The molecule has 2 rings (SSSR count). The molecule has 1 amide bonds. The molecule has 0 unspecified atom stereocenters. The second-order valence-corrected chi connectivity index (χ2v) is 5.91. The highest BCUT2D eigenvalue weighted by Gasteiger charge is 2.16. The molecule has 0 aliphatic rings. The fourth-order valence-electron chi connectivity index (χ4n) is 2.32. The van der Waals surface area contributed by atoms with Crippen molar-refractivity contribution >= 4 is 11.6 Å². The van der Waals surface area contributed by atoms with Crippen molar-refractivity contribution in [3.05, 3.63) is 54.1 Å². The van der Waals surface area contributed by atoms with Crippen molar-refractivity contribution in [1.29, 1.82) is 0 Å². The summed E-state index contributed by atoms with van der Waals surface area (Å²) in [5.74, 6) is 1.29. The smallest absolute Gasteiger partial charge is 0.265 e. The topological polar surface area (TPSA) is 47.6 Å². The summed E-state index contributed by atoms with van der Waals surface area (Å²) in [4.78, 5) is 12.4. The summed E-state index contributed by atoms with van der Waals surface area (Å²) in [5.41, 5.74) is 1.78. The Morgan fingerprint density at radius 1 is 1.04 bits per heavy atom. The lowest BCUT2D eigenvalue weighted by Gasteiger charge is -2.17. The van der Waals surface area contributed by atoms with Gasteiger partial charge in [-0.1, -0.05) is 31.2 Å². The largest absolute Gasteiger partial charge is 0.491 e. The normalized spacial score (nSPS) is 11.9. The van der Waals surface area contributed by atoms with E-state index in [2.05, 4.69) is 12.2 Å². The van der Waals surface area contributed by atoms with Gasteiger partial charge in [0.1, 0.15) is 11.5 Å². The van der Waals surface area contributed by atoms with Gasteiger partial charge in [0.2, 0.25) is 0 Å². The van der Waals surface area contributed by atoms with E-state index >= 15 is 0 Å². The highest BCUT2D eigenvalue weighted by molar-refractivity contribution is 5.94. The lowest BCUT2D eigenvalue weighted by molar-refractivity contribution is -0.122. The molecule has 0 saturated heterocycles. The third-order valence-electron chi connectivity index (χ3n) is 3.50. The minimum Gasteiger partial charge on any atom is -0.491 e. The van der Waals surface area contributed by atoms with Gasteiger partial charge in [-0.15, -0.1) is 0 Å². The Balaban J connectivity index is 2.01. The quantitative estimate of drug-likeness (QED) is 0.817. The second kappa shape index (κ2) is 8.39. The molecule has 0 spiro atoms. The maximum atomic E-state index is 12.4. The van der Waals surface area contributed by atoms with Gasteiger partial charge in [-0.25, -0.2) is 0 Å². The Morgan fingerprint density at radius 3 is 2.50 bits per heavy atom. The van der Waals surface area contributed by atoms with Crippen molar-refractivity contribution in [3.8, 4) is 11.5 Å². The van der Waals surface area contributed by atoms with Crippen LogP contribution in [-0.4, -0.2) is 18.1 Å². The summed E-state index contributed by atoms with van der Waals surface area (Å²) in [6.45, 7) is 7.74. The van der Waals surface area contributed by atoms with E-state index in [0.717, 1.165) is 23.5 Å². The highest BCUT2D eigenvalue weighted by atomic mass is 16.5. The fraction of sp³-hybridized carbons (Fsp3) is 0.350. The van der Waals surface area contributed by atoms with Crippen molar-refractivity contribution in [1.82, 2.24) is 0 Å². The molecular formula is C20H25NO3. The molecule has 2 aromatic rings. The van der Waals surface area contributed by atoms with Crippen LogP contribution in [-0.2, 0) is 11.2 Å². The SMILES string of the molecule is CCc1ccccc1O[C@@H](C)C(=O)Nc1cccc(OC(C)C)c1. The van der Waals surface area contributed by atoms with Crippen LogP contribution in [0.1, 0.15) is 33.3 Å². The van der Waals surface area contributed by atoms with Crippen LogP contribution in [0.4, 0.5) is 5.69 Å². The van der Waals surface area contributed by atoms with Crippen molar-refractivity contribution in [3.63, 3.8) is 0 Å². The second-order valence-electron chi connectivity index (χ2n) is 5.91. The van der Waals surface area contributed by atoms with Crippen LogP contribution in [0.5, 0.6) is 11.5 Å². The molecule has 4 heteroatoms. The first-order valence-corrected chi connectivity index (χ1v) is 8.31. The number of rotatable bonds is 7. The van der Waals surface area contributed by atoms with Crippen LogP contribution in [0.15, 0.2) is 48.5 Å². The summed E-state index contributed by atoms with van der Waals surface area (Å²) in [6.07, 6.45) is 0.357. The van der Waals surface area contributed by atoms with Gasteiger partial charge in [-0.2, -0.15) is 0 Å². The van der Waals surface area contributed by atoms with E-state index in [0.29, 0.717) is 5.69 Å². The molecule has 0 heterocycles. The van der Waals surface area contributed by atoms with E-state index in [1.807, 2.05) is 62.4 Å². The standard InChI is InChI=1S/C20H25NO3/c1-5-16-9-6-7-12-19(16)24-15(4)20(22)21-17-10-8-11-18(13-17)23-14(2)3/h6-15H,5H2,1-4H3,(H,21,22)/t15-/m0/s1. The number of carbonyl (C=O) groups is 1.